The molecule has 0 bridgehead atoms. The summed E-state index contributed by atoms with van der Waals surface area (Å²) >= 11 is 0. The third kappa shape index (κ3) is 2.79. The van der Waals surface area contributed by atoms with Gasteiger partial charge in [0.1, 0.15) is 0 Å². The van der Waals surface area contributed by atoms with Crippen LogP contribution in [-0.2, 0) is 5.41 Å². The Bertz CT molecular complexity index is 621. The van der Waals surface area contributed by atoms with Crippen molar-refractivity contribution in [2.24, 2.45) is 0 Å². The van der Waals surface area contributed by atoms with Crippen LogP contribution >= 0.6 is 0 Å². The van der Waals surface area contributed by atoms with Crippen LogP contribution in [0.5, 0.6) is 0 Å². The fourth-order valence-electron chi connectivity index (χ4n) is 2.43. The maximum absolute atomic E-state index is 4.73. The van der Waals surface area contributed by atoms with Gasteiger partial charge in [-0.2, -0.15) is 0 Å². The minimum atomic E-state index is 0.162. The quantitative estimate of drug-likeness (QED) is 0.851. The molecule has 0 aliphatic rings. The van der Waals surface area contributed by atoms with Gasteiger partial charge in [0.05, 0.1) is 5.52 Å². The first-order valence-corrected chi connectivity index (χ1v) is 7.50. The number of aryl methyl sites for hydroxylation is 1. The molecule has 0 saturated heterocycles. The van der Waals surface area contributed by atoms with Crippen LogP contribution in [0.1, 0.15) is 50.9 Å². The summed E-state index contributed by atoms with van der Waals surface area (Å²) < 4.78 is 0. The number of nitrogens with zero attached hydrogens (tertiary/aromatic N) is 1. The standard InChI is InChI=1S/C18H26N2/c1-7-10-19-17-12(2)13(3)20-16-9-8-14(11-15(16)17)18(4,5)6/h8-9,11H,7,10H2,1-6H3,(H,19,20). The van der Waals surface area contributed by atoms with Crippen LogP contribution in [0.4, 0.5) is 5.69 Å². The molecule has 0 amide bonds. The number of pyridine rings is 1. The van der Waals surface area contributed by atoms with Crippen LogP contribution in [-0.4, -0.2) is 11.5 Å². The fourth-order valence-corrected chi connectivity index (χ4v) is 2.43. The van der Waals surface area contributed by atoms with E-state index in [2.05, 4.69) is 65.1 Å². The lowest BCUT2D eigenvalue weighted by Gasteiger charge is -2.21. The highest BCUT2D eigenvalue weighted by molar-refractivity contribution is 5.94. The molecule has 0 atom stereocenters. The Hall–Kier alpha value is -1.57. The van der Waals surface area contributed by atoms with Gasteiger partial charge < -0.3 is 5.32 Å². The fraction of sp³-hybridized carbons (Fsp3) is 0.500. The van der Waals surface area contributed by atoms with E-state index in [9.17, 15) is 0 Å². The summed E-state index contributed by atoms with van der Waals surface area (Å²) in [7, 11) is 0. The Kier molecular flexibility index (Phi) is 4.03. The molecule has 0 aliphatic heterocycles. The van der Waals surface area contributed by atoms with Crippen molar-refractivity contribution in [3.8, 4) is 0 Å². The minimum absolute atomic E-state index is 0.162. The number of aromatic nitrogens is 1. The smallest absolute Gasteiger partial charge is 0.0726 e. The lowest BCUT2D eigenvalue weighted by molar-refractivity contribution is 0.591. The van der Waals surface area contributed by atoms with E-state index in [1.807, 2.05) is 0 Å². The average molecular weight is 270 g/mol. The first kappa shape index (κ1) is 14.8. The predicted molar refractivity (Wildman–Crippen MR) is 88.7 cm³/mol. The first-order valence-electron chi connectivity index (χ1n) is 7.50. The molecular formula is C18H26N2. The second-order valence-corrected chi connectivity index (χ2v) is 6.61. The monoisotopic (exact) mass is 270 g/mol. The summed E-state index contributed by atoms with van der Waals surface area (Å²) in [4.78, 5) is 4.73. The van der Waals surface area contributed by atoms with E-state index in [-0.39, 0.29) is 5.41 Å². The summed E-state index contributed by atoms with van der Waals surface area (Å²) in [6.07, 6.45) is 1.13. The Labute approximate surface area is 122 Å². The number of rotatable bonds is 3. The van der Waals surface area contributed by atoms with E-state index in [0.717, 1.165) is 24.2 Å². The van der Waals surface area contributed by atoms with Crippen LogP contribution in [0.25, 0.3) is 10.9 Å². The van der Waals surface area contributed by atoms with Gasteiger partial charge in [-0.3, -0.25) is 4.98 Å². The zero-order valence-electron chi connectivity index (χ0n) is 13.6. The Morgan fingerprint density at radius 1 is 1.15 bits per heavy atom. The molecule has 20 heavy (non-hydrogen) atoms. The Morgan fingerprint density at radius 2 is 1.85 bits per heavy atom. The summed E-state index contributed by atoms with van der Waals surface area (Å²) in [5, 5.41) is 4.83. The second-order valence-electron chi connectivity index (χ2n) is 6.61. The van der Waals surface area contributed by atoms with Gasteiger partial charge in [-0.1, -0.05) is 33.8 Å². The molecule has 108 valence electrons. The molecule has 0 aliphatic carbocycles. The second kappa shape index (κ2) is 5.43. The summed E-state index contributed by atoms with van der Waals surface area (Å²) in [6.45, 7) is 14.2. The molecule has 2 nitrogen and oxygen atoms in total. The molecule has 0 unspecified atom stereocenters. The molecule has 2 rings (SSSR count). The predicted octanol–water partition coefficient (Wildman–Crippen LogP) is 4.97. The van der Waals surface area contributed by atoms with Crippen molar-refractivity contribution >= 4 is 16.6 Å². The molecule has 0 spiro atoms. The van der Waals surface area contributed by atoms with Crippen molar-refractivity contribution in [3.05, 3.63) is 35.0 Å². The van der Waals surface area contributed by atoms with Crippen molar-refractivity contribution in [1.29, 1.82) is 0 Å². The van der Waals surface area contributed by atoms with Crippen LogP contribution in [0.3, 0.4) is 0 Å². The molecule has 1 aromatic heterocycles. The van der Waals surface area contributed by atoms with Crippen LogP contribution in [0.2, 0.25) is 0 Å². The van der Waals surface area contributed by atoms with Crippen LogP contribution in [0, 0.1) is 13.8 Å². The van der Waals surface area contributed by atoms with E-state index in [1.54, 1.807) is 0 Å². The summed E-state index contributed by atoms with van der Waals surface area (Å²) in [6, 6.07) is 6.65. The number of fused-ring (bicyclic) bond motifs is 1. The molecule has 2 heteroatoms. The van der Waals surface area contributed by atoms with Gasteiger partial charge >= 0.3 is 0 Å². The van der Waals surface area contributed by atoms with Crippen LogP contribution in [0.15, 0.2) is 18.2 Å². The van der Waals surface area contributed by atoms with Crippen molar-refractivity contribution in [2.45, 2.75) is 53.4 Å². The maximum Gasteiger partial charge on any atom is 0.0726 e. The van der Waals surface area contributed by atoms with Crippen LogP contribution < -0.4 is 5.32 Å². The van der Waals surface area contributed by atoms with Crippen molar-refractivity contribution in [2.75, 3.05) is 11.9 Å². The molecule has 1 aromatic carbocycles. The average Bonchev–Trinajstić information content (AvgIpc) is 2.38. The van der Waals surface area contributed by atoms with Gasteiger partial charge in [-0.25, -0.2) is 0 Å². The van der Waals surface area contributed by atoms with E-state index in [4.69, 9.17) is 4.98 Å². The molecule has 1 heterocycles. The highest BCUT2D eigenvalue weighted by Crippen LogP contribution is 2.32. The third-order valence-corrected chi connectivity index (χ3v) is 3.89. The topological polar surface area (TPSA) is 24.9 Å². The Morgan fingerprint density at radius 3 is 2.45 bits per heavy atom. The number of nitrogens with one attached hydrogen (secondary N) is 1. The molecule has 0 radical (unpaired) electrons. The van der Waals surface area contributed by atoms with Gasteiger partial charge in [0.25, 0.3) is 0 Å². The molecule has 0 fully saturated rings. The Balaban J connectivity index is 2.67. The normalized spacial score (nSPS) is 11.9. The van der Waals surface area contributed by atoms with Crippen molar-refractivity contribution < 1.29 is 0 Å². The van der Waals surface area contributed by atoms with Gasteiger partial charge in [0, 0.05) is 23.3 Å². The number of hydrogen-bond acceptors (Lipinski definition) is 2. The first-order chi connectivity index (χ1) is 9.34. The number of hydrogen-bond donors (Lipinski definition) is 1. The number of benzene rings is 1. The van der Waals surface area contributed by atoms with Gasteiger partial charge in [0.15, 0.2) is 0 Å². The van der Waals surface area contributed by atoms with E-state index in [0.29, 0.717) is 0 Å². The summed E-state index contributed by atoms with van der Waals surface area (Å²) in [5.74, 6) is 0. The van der Waals surface area contributed by atoms with Crippen molar-refractivity contribution in [1.82, 2.24) is 4.98 Å². The highest BCUT2D eigenvalue weighted by atomic mass is 14.9. The largest absolute Gasteiger partial charge is 0.384 e. The lowest BCUT2D eigenvalue weighted by atomic mass is 9.86. The van der Waals surface area contributed by atoms with Crippen molar-refractivity contribution in [3.63, 3.8) is 0 Å². The van der Waals surface area contributed by atoms with E-state index in [1.165, 1.54) is 22.2 Å². The molecule has 0 saturated carbocycles. The minimum Gasteiger partial charge on any atom is -0.384 e. The molecular weight excluding hydrogens is 244 g/mol. The SMILES string of the molecule is CCCNc1c(C)c(C)nc2ccc(C(C)(C)C)cc12. The molecule has 1 N–H and O–H groups in total. The number of anilines is 1. The van der Waals surface area contributed by atoms with Gasteiger partial charge in [0.2, 0.25) is 0 Å². The van der Waals surface area contributed by atoms with Gasteiger partial charge in [-0.15, -0.1) is 0 Å². The maximum atomic E-state index is 4.73. The zero-order valence-corrected chi connectivity index (χ0v) is 13.6. The van der Waals surface area contributed by atoms with E-state index >= 15 is 0 Å². The lowest BCUT2D eigenvalue weighted by Crippen LogP contribution is -2.11. The highest BCUT2D eigenvalue weighted by Gasteiger charge is 2.16. The molecule has 2 aromatic rings. The zero-order chi connectivity index (χ0) is 14.9. The van der Waals surface area contributed by atoms with Gasteiger partial charge in [-0.05, 0) is 48.9 Å². The van der Waals surface area contributed by atoms with E-state index < -0.39 is 0 Å². The summed E-state index contributed by atoms with van der Waals surface area (Å²) in [5.41, 5.74) is 6.22. The third-order valence-electron chi connectivity index (χ3n) is 3.89.